The molecule has 0 saturated carbocycles. The number of benzene rings is 2. The highest BCUT2D eigenvalue weighted by atomic mass is 32.2. The Hall–Kier alpha value is -3.20. The largest absolute Gasteiger partial charge is 0.368 e. The van der Waals surface area contributed by atoms with Crippen LogP contribution >= 0.6 is 11.8 Å². The first kappa shape index (κ1) is 20.1. The topological polar surface area (TPSA) is 75.4 Å². The maximum Gasteiger partial charge on any atom is 0.343 e. The summed E-state index contributed by atoms with van der Waals surface area (Å²) in [4.78, 5) is 24.8. The number of aryl methyl sites for hydroxylation is 1. The van der Waals surface area contributed by atoms with E-state index in [-0.39, 0.29) is 11.5 Å². The number of aromatic nitrogens is 2. The Kier molecular flexibility index (Phi) is 5.80. The van der Waals surface area contributed by atoms with Crippen molar-refractivity contribution in [2.45, 2.75) is 16.8 Å². The van der Waals surface area contributed by atoms with Crippen molar-refractivity contribution >= 4 is 29.0 Å². The predicted octanol–water partition coefficient (Wildman–Crippen LogP) is 4.31. The third kappa shape index (κ3) is 4.35. The summed E-state index contributed by atoms with van der Waals surface area (Å²) in [6.07, 6.45) is 1.38. The molecule has 0 aliphatic carbocycles. The zero-order valence-corrected chi connectivity index (χ0v) is 17.2. The molecule has 30 heavy (non-hydrogen) atoms. The van der Waals surface area contributed by atoms with Crippen molar-refractivity contribution in [3.63, 3.8) is 0 Å². The Morgan fingerprint density at radius 2 is 1.60 bits per heavy atom. The molecular weight excluding hydrogens is 405 g/mol. The maximum absolute atomic E-state index is 13.2. The van der Waals surface area contributed by atoms with Gasteiger partial charge in [-0.25, -0.2) is 14.4 Å². The summed E-state index contributed by atoms with van der Waals surface area (Å²) in [7, 11) is 0. The van der Waals surface area contributed by atoms with Gasteiger partial charge in [0.05, 0.1) is 4.92 Å². The molecule has 0 radical (unpaired) electrons. The molecule has 0 N–H and O–H groups in total. The van der Waals surface area contributed by atoms with Gasteiger partial charge in [-0.15, -0.1) is 0 Å². The molecule has 3 aromatic rings. The number of piperazine rings is 1. The third-order valence-electron chi connectivity index (χ3n) is 4.96. The first-order valence-electron chi connectivity index (χ1n) is 9.50. The highest BCUT2D eigenvalue weighted by Gasteiger charge is 2.29. The van der Waals surface area contributed by atoms with Crippen LogP contribution in [0, 0.1) is 22.9 Å². The predicted molar refractivity (Wildman–Crippen MR) is 115 cm³/mol. The molecular formula is C21H20FN5O2S. The van der Waals surface area contributed by atoms with Gasteiger partial charge in [0.25, 0.3) is 0 Å². The molecule has 0 amide bonds. The zero-order valence-electron chi connectivity index (χ0n) is 16.4. The van der Waals surface area contributed by atoms with Gasteiger partial charge in [-0.1, -0.05) is 29.5 Å². The normalized spacial score (nSPS) is 14.1. The third-order valence-corrected chi connectivity index (χ3v) is 5.96. The molecule has 1 aliphatic rings. The lowest BCUT2D eigenvalue weighted by Gasteiger charge is -2.36. The summed E-state index contributed by atoms with van der Waals surface area (Å²) in [5.74, 6) is 0.0657. The molecule has 9 heteroatoms. The first-order valence-corrected chi connectivity index (χ1v) is 10.3. The SMILES string of the molecule is Cc1ccc(Sc2ncnc(N3CCN(c4ccc(F)cc4)CC3)c2[N+](=O)[O-])cc1. The van der Waals surface area contributed by atoms with E-state index in [1.807, 2.05) is 36.1 Å². The van der Waals surface area contributed by atoms with E-state index in [1.165, 1.54) is 30.2 Å². The number of nitrogens with zero attached hydrogens (tertiary/aromatic N) is 5. The summed E-state index contributed by atoms with van der Waals surface area (Å²) in [6, 6.07) is 14.1. The van der Waals surface area contributed by atoms with Gasteiger partial charge in [-0.2, -0.15) is 0 Å². The average molecular weight is 425 g/mol. The smallest absolute Gasteiger partial charge is 0.343 e. The summed E-state index contributed by atoms with van der Waals surface area (Å²) < 4.78 is 13.2. The second-order valence-corrected chi connectivity index (χ2v) is 8.04. The molecule has 2 heterocycles. The Balaban J connectivity index is 1.54. The highest BCUT2D eigenvalue weighted by molar-refractivity contribution is 7.99. The second-order valence-electron chi connectivity index (χ2n) is 6.97. The number of halogens is 1. The molecule has 1 fully saturated rings. The van der Waals surface area contributed by atoms with Gasteiger partial charge in [-0.3, -0.25) is 10.1 Å². The second kappa shape index (κ2) is 8.66. The minimum atomic E-state index is -0.405. The lowest BCUT2D eigenvalue weighted by atomic mass is 10.2. The number of rotatable bonds is 5. The van der Waals surface area contributed by atoms with E-state index in [2.05, 4.69) is 14.9 Å². The molecule has 4 rings (SSSR count). The fraction of sp³-hybridized carbons (Fsp3) is 0.238. The summed E-state index contributed by atoms with van der Waals surface area (Å²) >= 11 is 1.26. The lowest BCUT2D eigenvalue weighted by Crippen LogP contribution is -2.47. The van der Waals surface area contributed by atoms with Crippen LogP contribution in [-0.2, 0) is 0 Å². The van der Waals surface area contributed by atoms with Crippen LogP contribution in [0.3, 0.4) is 0 Å². The zero-order chi connectivity index (χ0) is 21.1. The molecule has 1 saturated heterocycles. The van der Waals surface area contributed by atoms with Crippen LogP contribution in [0.25, 0.3) is 0 Å². The van der Waals surface area contributed by atoms with Crippen molar-refractivity contribution in [2.75, 3.05) is 36.0 Å². The number of nitro groups is 1. The summed E-state index contributed by atoms with van der Waals surface area (Å²) in [6.45, 7) is 4.46. The number of anilines is 2. The molecule has 154 valence electrons. The van der Waals surface area contributed by atoms with Crippen molar-refractivity contribution < 1.29 is 9.31 Å². The molecule has 7 nitrogen and oxygen atoms in total. The van der Waals surface area contributed by atoms with Crippen LogP contribution in [-0.4, -0.2) is 41.1 Å². The fourth-order valence-corrected chi connectivity index (χ4v) is 4.22. The van der Waals surface area contributed by atoms with E-state index in [4.69, 9.17) is 0 Å². The lowest BCUT2D eigenvalue weighted by molar-refractivity contribution is -0.387. The van der Waals surface area contributed by atoms with Crippen molar-refractivity contribution in [3.8, 4) is 0 Å². The van der Waals surface area contributed by atoms with Gasteiger partial charge in [0.2, 0.25) is 5.82 Å². The quantitative estimate of drug-likeness (QED) is 0.342. The van der Waals surface area contributed by atoms with Crippen molar-refractivity contribution in [1.29, 1.82) is 0 Å². The maximum atomic E-state index is 13.2. The van der Waals surface area contributed by atoms with Crippen LogP contribution in [0.2, 0.25) is 0 Å². The number of hydrogen-bond acceptors (Lipinski definition) is 7. The van der Waals surface area contributed by atoms with E-state index >= 15 is 0 Å². The van der Waals surface area contributed by atoms with Crippen molar-refractivity contribution in [1.82, 2.24) is 9.97 Å². The fourth-order valence-electron chi connectivity index (χ4n) is 3.37. The van der Waals surface area contributed by atoms with E-state index in [1.54, 1.807) is 12.1 Å². The van der Waals surface area contributed by atoms with Crippen LogP contribution in [0.1, 0.15) is 5.56 Å². The summed E-state index contributed by atoms with van der Waals surface area (Å²) in [5.41, 5.74) is 1.98. The van der Waals surface area contributed by atoms with Crippen LogP contribution in [0.5, 0.6) is 0 Å². The Morgan fingerprint density at radius 3 is 2.23 bits per heavy atom. The van der Waals surface area contributed by atoms with E-state index in [0.29, 0.717) is 37.0 Å². The van der Waals surface area contributed by atoms with Gasteiger partial charge in [0.1, 0.15) is 12.1 Å². The van der Waals surface area contributed by atoms with Crippen molar-refractivity contribution in [2.24, 2.45) is 0 Å². The minimum Gasteiger partial charge on any atom is -0.368 e. The monoisotopic (exact) mass is 425 g/mol. The Morgan fingerprint density at radius 1 is 0.967 bits per heavy atom. The van der Waals surface area contributed by atoms with Crippen molar-refractivity contribution in [3.05, 3.63) is 76.4 Å². The number of hydrogen-bond donors (Lipinski definition) is 0. The molecule has 0 spiro atoms. The summed E-state index contributed by atoms with van der Waals surface area (Å²) in [5, 5.41) is 12.2. The van der Waals surface area contributed by atoms with E-state index in [9.17, 15) is 14.5 Å². The molecule has 0 unspecified atom stereocenters. The van der Waals surface area contributed by atoms with Gasteiger partial charge >= 0.3 is 5.69 Å². The van der Waals surface area contributed by atoms with E-state index in [0.717, 1.165) is 16.1 Å². The van der Waals surface area contributed by atoms with Gasteiger partial charge < -0.3 is 9.80 Å². The highest BCUT2D eigenvalue weighted by Crippen LogP contribution is 2.38. The van der Waals surface area contributed by atoms with Crippen LogP contribution in [0.15, 0.2) is 64.8 Å². The molecule has 1 aromatic heterocycles. The van der Waals surface area contributed by atoms with Gasteiger partial charge in [0.15, 0.2) is 5.03 Å². The minimum absolute atomic E-state index is 0.0710. The van der Waals surface area contributed by atoms with E-state index < -0.39 is 4.92 Å². The molecule has 1 aliphatic heterocycles. The average Bonchev–Trinajstić information content (AvgIpc) is 2.76. The molecule has 0 atom stereocenters. The Labute approximate surface area is 177 Å². The molecule has 0 bridgehead atoms. The van der Waals surface area contributed by atoms with Crippen LogP contribution in [0.4, 0.5) is 21.6 Å². The van der Waals surface area contributed by atoms with Crippen LogP contribution < -0.4 is 9.80 Å². The standard InChI is InChI=1S/C21H20FN5O2S/c1-15-2-8-18(9-3-15)30-21-19(27(28)29)20(23-14-24-21)26-12-10-25(11-13-26)17-6-4-16(22)5-7-17/h2-9,14H,10-13H2,1H3. The van der Waals surface area contributed by atoms with Gasteiger partial charge in [-0.05, 0) is 43.3 Å². The van der Waals surface area contributed by atoms with Gasteiger partial charge in [0, 0.05) is 36.8 Å². The molecule has 2 aromatic carbocycles. The first-order chi connectivity index (χ1) is 14.5. The Bertz CT molecular complexity index is 1040.